The number of aliphatic hydroxyl groups is 1. The summed E-state index contributed by atoms with van der Waals surface area (Å²) in [5.41, 5.74) is -0.000176. The maximum Gasteiger partial charge on any atom is 0.252 e. The molecule has 1 amide bonds. The smallest absolute Gasteiger partial charge is 0.252 e. The Balaban J connectivity index is 2.19. The van der Waals surface area contributed by atoms with Crippen LogP contribution in [0.4, 0.5) is 0 Å². The highest BCUT2D eigenvalue weighted by molar-refractivity contribution is 9.10. The highest BCUT2D eigenvalue weighted by atomic mass is 79.9. The summed E-state index contributed by atoms with van der Waals surface area (Å²) in [5, 5.41) is 13.3. The summed E-state index contributed by atoms with van der Waals surface area (Å²) < 4.78 is 0.705. The Morgan fingerprint density at radius 3 is 3.00 bits per heavy atom. The fourth-order valence-corrected chi connectivity index (χ4v) is 3.54. The van der Waals surface area contributed by atoms with Crippen LogP contribution in [0.15, 0.2) is 22.7 Å². The number of halogens is 2. The van der Waals surface area contributed by atoms with Gasteiger partial charge in [0.1, 0.15) is 0 Å². The summed E-state index contributed by atoms with van der Waals surface area (Å²) in [6, 6.07) is 5.12. The molecule has 5 heteroatoms. The molecular weight excluding hydrogens is 342 g/mol. The Bertz CT molecular complexity index is 509. The van der Waals surface area contributed by atoms with Crippen molar-refractivity contribution in [3.05, 3.63) is 33.3 Å². The topological polar surface area (TPSA) is 49.3 Å². The van der Waals surface area contributed by atoms with Crippen molar-refractivity contribution in [2.75, 3.05) is 6.61 Å². The van der Waals surface area contributed by atoms with Gasteiger partial charge in [-0.25, -0.2) is 0 Å². The minimum absolute atomic E-state index is 0.0265. The molecule has 1 aromatic rings. The molecule has 0 spiro atoms. The van der Waals surface area contributed by atoms with Gasteiger partial charge in [0.05, 0.1) is 17.7 Å². The average molecular weight is 361 g/mol. The average Bonchev–Trinajstić information content (AvgIpc) is 2.41. The normalized spacial score (nSPS) is 26.3. The number of benzene rings is 1. The second-order valence-corrected chi connectivity index (χ2v) is 7.01. The number of rotatable bonds is 3. The number of nitrogens with one attached hydrogen (secondary N) is 1. The van der Waals surface area contributed by atoms with Gasteiger partial charge in [0.2, 0.25) is 0 Å². The third-order valence-electron chi connectivity index (χ3n) is 3.95. The molecule has 0 radical (unpaired) electrons. The predicted octanol–water partition coefficient (Wildman–Crippen LogP) is 3.77. The SMILES string of the molecule is CC1CCCC(CO)(NC(=O)c2cc(Cl)ccc2Br)C1. The van der Waals surface area contributed by atoms with Crippen molar-refractivity contribution < 1.29 is 9.90 Å². The second kappa shape index (κ2) is 6.46. The van der Waals surface area contributed by atoms with Crippen LogP contribution in [0.5, 0.6) is 0 Å². The van der Waals surface area contributed by atoms with E-state index in [2.05, 4.69) is 28.2 Å². The van der Waals surface area contributed by atoms with Crippen molar-refractivity contribution in [1.29, 1.82) is 0 Å². The maximum atomic E-state index is 12.4. The molecule has 1 aromatic carbocycles. The number of hydrogen-bond acceptors (Lipinski definition) is 2. The van der Waals surface area contributed by atoms with Crippen molar-refractivity contribution in [3.63, 3.8) is 0 Å². The molecule has 0 aromatic heterocycles. The zero-order valence-corrected chi connectivity index (χ0v) is 13.8. The van der Waals surface area contributed by atoms with Crippen LogP contribution < -0.4 is 5.32 Å². The van der Waals surface area contributed by atoms with E-state index in [1.54, 1.807) is 18.2 Å². The Labute approximate surface area is 132 Å². The Morgan fingerprint density at radius 1 is 1.60 bits per heavy atom. The summed E-state index contributed by atoms with van der Waals surface area (Å²) in [6.45, 7) is 2.13. The lowest BCUT2D eigenvalue weighted by atomic mass is 9.76. The van der Waals surface area contributed by atoms with E-state index in [1.165, 1.54) is 0 Å². The van der Waals surface area contributed by atoms with E-state index in [0.717, 1.165) is 25.7 Å². The van der Waals surface area contributed by atoms with E-state index in [4.69, 9.17) is 11.6 Å². The predicted molar refractivity (Wildman–Crippen MR) is 84.1 cm³/mol. The quantitative estimate of drug-likeness (QED) is 0.862. The molecule has 0 bridgehead atoms. The maximum absolute atomic E-state index is 12.4. The van der Waals surface area contributed by atoms with Gasteiger partial charge in [-0.15, -0.1) is 0 Å². The Morgan fingerprint density at radius 2 is 2.35 bits per heavy atom. The molecule has 1 aliphatic carbocycles. The molecule has 1 aliphatic rings. The van der Waals surface area contributed by atoms with Crippen molar-refractivity contribution in [2.24, 2.45) is 5.92 Å². The van der Waals surface area contributed by atoms with Gasteiger partial charge < -0.3 is 10.4 Å². The zero-order chi connectivity index (χ0) is 14.8. The van der Waals surface area contributed by atoms with Crippen molar-refractivity contribution in [3.8, 4) is 0 Å². The minimum Gasteiger partial charge on any atom is -0.394 e. The molecule has 2 unspecified atom stereocenters. The number of amides is 1. The highest BCUT2D eigenvalue weighted by Gasteiger charge is 2.36. The summed E-state index contributed by atoms with van der Waals surface area (Å²) in [4.78, 5) is 12.4. The lowest BCUT2D eigenvalue weighted by Crippen LogP contribution is -2.53. The lowest BCUT2D eigenvalue weighted by Gasteiger charge is -2.39. The van der Waals surface area contributed by atoms with Gasteiger partial charge in [-0.1, -0.05) is 31.4 Å². The monoisotopic (exact) mass is 359 g/mol. The molecule has 20 heavy (non-hydrogen) atoms. The molecule has 0 saturated heterocycles. The number of carbonyl (C=O) groups excluding carboxylic acids is 1. The zero-order valence-electron chi connectivity index (χ0n) is 11.5. The van der Waals surface area contributed by atoms with E-state index in [0.29, 0.717) is 21.0 Å². The number of carbonyl (C=O) groups is 1. The number of hydrogen-bond donors (Lipinski definition) is 2. The minimum atomic E-state index is -0.503. The Kier molecular flexibility index (Phi) is 5.10. The Hall–Kier alpha value is -0.580. The van der Waals surface area contributed by atoms with Crippen LogP contribution in [0.25, 0.3) is 0 Å². The van der Waals surface area contributed by atoms with Gasteiger partial charge in [-0.2, -0.15) is 0 Å². The summed E-state index contributed by atoms with van der Waals surface area (Å²) in [6.07, 6.45) is 3.81. The summed E-state index contributed by atoms with van der Waals surface area (Å²) in [5.74, 6) is 0.321. The van der Waals surface area contributed by atoms with Crippen molar-refractivity contribution >= 4 is 33.4 Å². The molecular formula is C15H19BrClNO2. The second-order valence-electron chi connectivity index (χ2n) is 5.72. The van der Waals surface area contributed by atoms with Gasteiger partial charge in [0, 0.05) is 9.50 Å². The van der Waals surface area contributed by atoms with E-state index in [1.807, 2.05) is 0 Å². The summed E-state index contributed by atoms with van der Waals surface area (Å²) in [7, 11) is 0. The summed E-state index contributed by atoms with van der Waals surface area (Å²) >= 11 is 9.31. The molecule has 2 atom stereocenters. The van der Waals surface area contributed by atoms with Crippen molar-refractivity contribution in [1.82, 2.24) is 5.32 Å². The first kappa shape index (κ1) is 15.8. The van der Waals surface area contributed by atoms with Crippen molar-refractivity contribution in [2.45, 2.75) is 38.1 Å². The third kappa shape index (κ3) is 3.54. The molecule has 3 nitrogen and oxygen atoms in total. The van der Waals surface area contributed by atoms with E-state index in [-0.39, 0.29) is 12.5 Å². The van der Waals surface area contributed by atoms with Gasteiger partial charge in [0.25, 0.3) is 5.91 Å². The molecule has 2 rings (SSSR count). The van der Waals surface area contributed by atoms with Gasteiger partial charge in [-0.3, -0.25) is 4.79 Å². The van der Waals surface area contributed by atoms with Crippen LogP contribution in [-0.4, -0.2) is 23.2 Å². The lowest BCUT2D eigenvalue weighted by molar-refractivity contribution is 0.0696. The standard InChI is InChI=1S/C15H19BrClNO2/c1-10-3-2-6-15(8-10,9-19)18-14(20)12-7-11(17)4-5-13(12)16/h4-5,7,10,19H,2-3,6,8-9H2,1H3,(H,18,20). The fraction of sp³-hybridized carbons (Fsp3) is 0.533. The molecule has 1 saturated carbocycles. The van der Waals surface area contributed by atoms with Crippen LogP contribution in [0, 0.1) is 5.92 Å². The van der Waals surface area contributed by atoms with Gasteiger partial charge in [-0.05, 0) is 52.9 Å². The first-order valence-corrected chi connectivity index (χ1v) is 8.01. The molecule has 1 fully saturated rings. The molecule has 110 valence electrons. The fourth-order valence-electron chi connectivity index (χ4n) is 2.94. The molecule has 0 aliphatic heterocycles. The largest absolute Gasteiger partial charge is 0.394 e. The van der Waals surface area contributed by atoms with Gasteiger partial charge in [0.15, 0.2) is 0 Å². The van der Waals surface area contributed by atoms with E-state index < -0.39 is 5.54 Å². The van der Waals surface area contributed by atoms with Crippen LogP contribution in [0.1, 0.15) is 43.0 Å². The van der Waals surface area contributed by atoms with E-state index in [9.17, 15) is 9.90 Å². The first-order chi connectivity index (χ1) is 9.46. The van der Waals surface area contributed by atoms with Crippen LogP contribution >= 0.6 is 27.5 Å². The van der Waals surface area contributed by atoms with Crippen LogP contribution in [-0.2, 0) is 0 Å². The first-order valence-electron chi connectivity index (χ1n) is 6.84. The third-order valence-corrected chi connectivity index (χ3v) is 4.87. The molecule has 0 heterocycles. The van der Waals surface area contributed by atoms with Gasteiger partial charge >= 0.3 is 0 Å². The molecule has 2 N–H and O–H groups in total. The van der Waals surface area contributed by atoms with E-state index >= 15 is 0 Å². The van der Waals surface area contributed by atoms with Crippen LogP contribution in [0.2, 0.25) is 5.02 Å². The highest BCUT2D eigenvalue weighted by Crippen LogP contribution is 2.32. The van der Waals surface area contributed by atoms with Crippen LogP contribution in [0.3, 0.4) is 0 Å². The number of aliphatic hydroxyl groups excluding tert-OH is 1.